The normalized spacial score (nSPS) is 21.4. The highest BCUT2D eigenvalue weighted by Crippen LogP contribution is 2.40. The van der Waals surface area contributed by atoms with Gasteiger partial charge in [0, 0.05) is 60.8 Å². The third-order valence-electron chi connectivity index (χ3n) is 11.7. The molecular formula is C40H47ClFN7O3. The molecule has 1 unspecified atom stereocenters. The molecule has 1 amide bonds. The summed E-state index contributed by atoms with van der Waals surface area (Å²) in [5.74, 6) is 0.739. The highest BCUT2D eigenvalue weighted by molar-refractivity contribution is 6.36. The van der Waals surface area contributed by atoms with Crippen LogP contribution < -0.4 is 9.64 Å². The van der Waals surface area contributed by atoms with E-state index in [0.29, 0.717) is 41.5 Å². The first-order valence-corrected chi connectivity index (χ1v) is 19.1. The van der Waals surface area contributed by atoms with Crippen LogP contribution in [0, 0.1) is 11.7 Å². The molecular weight excluding hydrogens is 681 g/mol. The maximum atomic E-state index is 16.6. The van der Waals surface area contributed by atoms with Crippen molar-refractivity contribution < 1.29 is 18.7 Å². The molecule has 2 aromatic carbocycles. The van der Waals surface area contributed by atoms with Gasteiger partial charge in [-0.3, -0.25) is 14.7 Å². The van der Waals surface area contributed by atoms with Crippen LogP contribution in [0.5, 0.6) is 6.01 Å². The average Bonchev–Trinajstić information content (AvgIpc) is 3.86. The molecule has 0 N–H and O–H groups in total. The van der Waals surface area contributed by atoms with Crippen LogP contribution in [0.2, 0.25) is 5.02 Å². The number of fused-ring (bicyclic) bond motifs is 3. The molecule has 0 saturated carbocycles. The molecule has 9 rings (SSSR count). The first-order chi connectivity index (χ1) is 25.3. The van der Waals surface area contributed by atoms with Crippen molar-refractivity contribution in [1.82, 2.24) is 29.7 Å². The lowest BCUT2D eigenvalue weighted by Gasteiger charge is -2.37. The van der Waals surface area contributed by atoms with Crippen LogP contribution in [0.3, 0.4) is 0 Å². The van der Waals surface area contributed by atoms with Crippen molar-refractivity contribution in [2.24, 2.45) is 5.92 Å². The topological polar surface area (TPSA) is 87.2 Å². The standard InChI is InChI=1S/C33H34ClFN6O2.C7H13NO/c1-3-26(42)40-17-12-22(19-40)39(2)31-24-18-36-29(23-10-4-8-21-9-5-11-25(34)27(21)23)28(35)30(24)37-32(38-31)43-20-33-13-6-15-41(33)16-7-14-33;1-2-8(3-1)4-7-5-9-6-7/h3-5,8-11,18,22H,1,6-7,12-17,19-20H2,2H3;7H,1-6H2. The van der Waals surface area contributed by atoms with Crippen molar-refractivity contribution >= 4 is 45.0 Å². The molecule has 5 saturated heterocycles. The predicted octanol–water partition coefficient (Wildman–Crippen LogP) is 6.21. The van der Waals surface area contributed by atoms with E-state index in [0.717, 1.165) is 75.1 Å². The zero-order chi connectivity index (χ0) is 35.8. The van der Waals surface area contributed by atoms with Crippen LogP contribution in [0.4, 0.5) is 10.2 Å². The quantitative estimate of drug-likeness (QED) is 0.187. The molecule has 5 fully saturated rings. The van der Waals surface area contributed by atoms with Crippen molar-refractivity contribution in [3.63, 3.8) is 0 Å². The highest BCUT2D eigenvalue weighted by atomic mass is 35.5. The summed E-state index contributed by atoms with van der Waals surface area (Å²) in [6.07, 6.45) is 9.58. The molecule has 1 atom stereocenters. The smallest absolute Gasteiger partial charge is 0.319 e. The first-order valence-electron chi connectivity index (χ1n) is 18.7. The molecule has 2 aromatic heterocycles. The van der Waals surface area contributed by atoms with Gasteiger partial charge in [0.25, 0.3) is 0 Å². The zero-order valence-electron chi connectivity index (χ0n) is 29.9. The van der Waals surface area contributed by atoms with Crippen LogP contribution in [-0.4, -0.2) is 120 Å². The number of carbonyl (C=O) groups is 1. The van der Waals surface area contributed by atoms with E-state index < -0.39 is 5.82 Å². The number of ether oxygens (including phenoxy) is 2. The van der Waals surface area contributed by atoms with Crippen LogP contribution in [0.25, 0.3) is 32.9 Å². The number of nitrogens with zero attached hydrogens (tertiary/aromatic N) is 7. The van der Waals surface area contributed by atoms with E-state index in [1.807, 2.05) is 42.3 Å². The van der Waals surface area contributed by atoms with Crippen LogP contribution in [0.15, 0.2) is 55.3 Å². The lowest BCUT2D eigenvalue weighted by atomic mass is 9.95. The minimum absolute atomic E-state index is 0.0109. The minimum Gasteiger partial charge on any atom is -0.461 e. The largest absolute Gasteiger partial charge is 0.461 e. The third kappa shape index (κ3) is 6.72. The van der Waals surface area contributed by atoms with Crippen molar-refractivity contribution in [3.05, 3.63) is 66.1 Å². The summed E-state index contributed by atoms with van der Waals surface area (Å²) in [6.45, 7) is 13.3. The fourth-order valence-corrected chi connectivity index (χ4v) is 8.86. The summed E-state index contributed by atoms with van der Waals surface area (Å²) in [5.41, 5.74) is 0.900. The van der Waals surface area contributed by atoms with Gasteiger partial charge >= 0.3 is 6.01 Å². The fourth-order valence-electron chi connectivity index (χ4n) is 8.57. The number of anilines is 1. The monoisotopic (exact) mass is 727 g/mol. The number of hydrogen-bond donors (Lipinski definition) is 0. The minimum atomic E-state index is -0.553. The number of hydrogen-bond acceptors (Lipinski definition) is 9. The number of benzene rings is 2. The SMILES string of the molecule is C1CN(CC2COC2)C1.C=CC(=O)N1CCC(N(C)c2nc(OCC34CCCN3CCC4)nc3c(F)c(-c4cccc5cccc(Cl)c45)ncc23)C1. The lowest BCUT2D eigenvalue weighted by molar-refractivity contribution is -0.125. The second-order valence-electron chi connectivity index (χ2n) is 15.0. The van der Waals surface area contributed by atoms with E-state index in [1.54, 1.807) is 17.2 Å². The van der Waals surface area contributed by atoms with Gasteiger partial charge in [-0.2, -0.15) is 9.97 Å². The number of amides is 1. The van der Waals surface area contributed by atoms with E-state index in [1.165, 1.54) is 32.1 Å². The maximum Gasteiger partial charge on any atom is 0.319 e. The van der Waals surface area contributed by atoms with Gasteiger partial charge < -0.3 is 24.2 Å². The van der Waals surface area contributed by atoms with E-state index >= 15 is 4.39 Å². The number of pyridine rings is 1. The maximum absolute atomic E-state index is 16.6. The summed E-state index contributed by atoms with van der Waals surface area (Å²) in [4.78, 5) is 35.2. The molecule has 4 aromatic rings. The van der Waals surface area contributed by atoms with Gasteiger partial charge in [-0.15, -0.1) is 0 Å². The summed E-state index contributed by atoms with van der Waals surface area (Å²) in [5, 5.41) is 2.64. The molecule has 52 heavy (non-hydrogen) atoms. The third-order valence-corrected chi connectivity index (χ3v) is 12.1. The summed E-state index contributed by atoms with van der Waals surface area (Å²) < 4.78 is 28.1. The fraction of sp³-hybridized carbons (Fsp3) is 0.500. The van der Waals surface area contributed by atoms with Gasteiger partial charge in [-0.05, 0) is 82.2 Å². The van der Waals surface area contributed by atoms with Gasteiger partial charge in [-0.1, -0.05) is 48.5 Å². The van der Waals surface area contributed by atoms with Crippen molar-refractivity contribution in [2.45, 2.75) is 50.1 Å². The van der Waals surface area contributed by atoms with E-state index in [4.69, 9.17) is 26.1 Å². The Morgan fingerprint density at radius 2 is 1.87 bits per heavy atom. The Morgan fingerprint density at radius 1 is 1.10 bits per heavy atom. The van der Waals surface area contributed by atoms with E-state index in [-0.39, 0.29) is 34.7 Å². The molecule has 0 aliphatic carbocycles. The molecule has 0 bridgehead atoms. The molecule has 7 heterocycles. The number of likely N-dealkylation sites (N-methyl/N-ethyl adjacent to an activating group) is 1. The van der Waals surface area contributed by atoms with Crippen LogP contribution >= 0.6 is 11.6 Å². The average molecular weight is 728 g/mol. The second-order valence-corrected chi connectivity index (χ2v) is 15.4. The van der Waals surface area contributed by atoms with Gasteiger partial charge in [-0.25, -0.2) is 4.39 Å². The number of rotatable bonds is 9. The van der Waals surface area contributed by atoms with E-state index in [9.17, 15) is 4.79 Å². The second kappa shape index (κ2) is 14.9. The van der Waals surface area contributed by atoms with Crippen molar-refractivity contribution in [2.75, 3.05) is 77.6 Å². The highest BCUT2D eigenvalue weighted by Gasteiger charge is 2.45. The summed E-state index contributed by atoms with van der Waals surface area (Å²) >= 11 is 6.60. The van der Waals surface area contributed by atoms with Gasteiger partial charge in [0.2, 0.25) is 5.91 Å². The Balaban J connectivity index is 0.000000372. The van der Waals surface area contributed by atoms with Crippen LogP contribution in [0.1, 0.15) is 38.5 Å². The Bertz CT molecular complexity index is 1940. The van der Waals surface area contributed by atoms with Gasteiger partial charge in [0.1, 0.15) is 23.6 Å². The van der Waals surface area contributed by atoms with Crippen molar-refractivity contribution in [3.8, 4) is 17.3 Å². The summed E-state index contributed by atoms with van der Waals surface area (Å²) in [6, 6.07) is 11.4. The predicted molar refractivity (Wildman–Crippen MR) is 202 cm³/mol. The lowest BCUT2D eigenvalue weighted by Crippen LogP contribution is -2.45. The van der Waals surface area contributed by atoms with E-state index in [2.05, 4.69) is 26.3 Å². The number of halogens is 2. The van der Waals surface area contributed by atoms with Gasteiger partial charge in [0.05, 0.1) is 24.1 Å². The number of aromatic nitrogens is 3. The molecule has 12 heteroatoms. The molecule has 274 valence electrons. The number of carbonyl (C=O) groups excluding carboxylic acids is 1. The van der Waals surface area contributed by atoms with Gasteiger partial charge in [0.15, 0.2) is 5.82 Å². The molecule has 5 aliphatic rings. The van der Waals surface area contributed by atoms with Crippen LogP contribution in [-0.2, 0) is 9.53 Å². The Labute approximate surface area is 309 Å². The molecule has 10 nitrogen and oxygen atoms in total. The first kappa shape index (κ1) is 35.1. The molecule has 0 spiro atoms. The van der Waals surface area contributed by atoms with Crippen molar-refractivity contribution in [1.29, 1.82) is 0 Å². The summed E-state index contributed by atoms with van der Waals surface area (Å²) in [7, 11) is 1.92. The Hall–Kier alpha value is -3.90. The number of likely N-dealkylation sites (tertiary alicyclic amines) is 2. The molecule has 5 aliphatic heterocycles. The Kier molecular flexibility index (Phi) is 10.0. The Morgan fingerprint density at radius 3 is 2.56 bits per heavy atom. The zero-order valence-corrected chi connectivity index (χ0v) is 30.7. The molecule has 0 radical (unpaired) electrons.